The number of carbonyl (C=O) groups excluding carboxylic acids is 2. The Morgan fingerprint density at radius 2 is 1.69 bits per heavy atom. The van der Waals surface area contributed by atoms with E-state index < -0.39 is 11.9 Å². The molecule has 0 aromatic heterocycles. The van der Waals surface area contributed by atoms with Crippen LogP contribution in [-0.4, -0.2) is 59.9 Å². The summed E-state index contributed by atoms with van der Waals surface area (Å²) in [6, 6.07) is 0. The predicted molar refractivity (Wildman–Crippen MR) is 57.7 cm³/mol. The third-order valence-electron chi connectivity index (χ3n) is 2.31. The van der Waals surface area contributed by atoms with Gasteiger partial charge < -0.3 is 14.9 Å². The summed E-state index contributed by atoms with van der Waals surface area (Å²) in [5.74, 6) is -2.03. The molecule has 0 aromatic rings. The topological polar surface area (TPSA) is 77.9 Å². The van der Waals surface area contributed by atoms with Crippen molar-refractivity contribution in [2.24, 2.45) is 5.92 Å². The van der Waals surface area contributed by atoms with E-state index in [1.165, 1.54) is 37.7 Å². The summed E-state index contributed by atoms with van der Waals surface area (Å²) in [5.41, 5.74) is 0. The highest BCUT2D eigenvalue weighted by Gasteiger charge is 2.18. The molecule has 0 aromatic carbocycles. The number of rotatable bonds is 5. The van der Waals surface area contributed by atoms with Crippen LogP contribution in [0.2, 0.25) is 0 Å². The molecule has 0 aliphatic heterocycles. The summed E-state index contributed by atoms with van der Waals surface area (Å²) in [7, 11) is 3.05. The minimum absolute atomic E-state index is 0.0296. The van der Waals surface area contributed by atoms with E-state index >= 15 is 0 Å². The molecule has 2 amide bonds. The van der Waals surface area contributed by atoms with E-state index in [2.05, 4.69) is 0 Å². The third kappa shape index (κ3) is 4.77. The van der Waals surface area contributed by atoms with Crippen molar-refractivity contribution in [3.63, 3.8) is 0 Å². The standard InChI is InChI=1S/C10H18N2O4/c1-7(10(15)16)5-12(4)9(14)6-11(3)8(2)13/h7H,5-6H2,1-4H3,(H,15,16). The molecule has 0 aliphatic rings. The normalized spacial score (nSPS) is 11.8. The Morgan fingerprint density at radius 1 is 1.19 bits per heavy atom. The van der Waals surface area contributed by atoms with Gasteiger partial charge in [0.15, 0.2) is 0 Å². The predicted octanol–water partition coefficient (Wildman–Crippen LogP) is -0.356. The second-order valence-electron chi connectivity index (χ2n) is 3.89. The van der Waals surface area contributed by atoms with E-state index in [9.17, 15) is 14.4 Å². The lowest BCUT2D eigenvalue weighted by Gasteiger charge is -2.22. The molecule has 0 radical (unpaired) electrons. The number of amides is 2. The van der Waals surface area contributed by atoms with Crippen LogP contribution >= 0.6 is 0 Å². The van der Waals surface area contributed by atoms with Gasteiger partial charge in [0.05, 0.1) is 12.5 Å². The number of nitrogens with zero attached hydrogens (tertiary/aromatic N) is 2. The van der Waals surface area contributed by atoms with Crippen LogP contribution in [0.5, 0.6) is 0 Å². The number of carboxylic acids is 1. The lowest BCUT2D eigenvalue weighted by atomic mass is 10.2. The van der Waals surface area contributed by atoms with Gasteiger partial charge in [-0.1, -0.05) is 6.92 Å². The largest absolute Gasteiger partial charge is 0.481 e. The Morgan fingerprint density at radius 3 is 2.06 bits per heavy atom. The molecule has 0 bridgehead atoms. The fourth-order valence-corrected chi connectivity index (χ4v) is 1.03. The van der Waals surface area contributed by atoms with Crippen molar-refractivity contribution in [1.82, 2.24) is 9.80 Å². The van der Waals surface area contributed by atoms with Gasteiger partial charge in [0.2, 0.25) is 11.8 Å². The molecule has 1 unspecified atom stereocenters. The van der Waals surface area contributed by atoms with Crippen molar-refractivity contribution in [3.05, 3.63) is 0 Å². The van der Waals surface area contributed by atoms with Crippen LogP contribution in [0.3, 0.4) is 0 Å². The maximum absolute atomic E-state index is 11.6. The molecular weight excluding hydrogens is 212 g/mol. The summed E-state index contributed by atoms with van der Waals surface area (Å²) in [6.07, 6.45) is 0. The first-order chi connectivity index (χ1) is 7.25. The average Bonchev–Trinajstić information content (AvgIpc) is 2.16. The van der Waals surface area contributed by atoms with Gasteiger partial charge in [0, 0.05) is 27.6 Å². The Hall–Kier alpha value is -1.59. The Kier molecular flexibility index (Phi) is 5.49. The Bertz CT molecular complexity index is 291. The molecular formula is C10H18N2O4. The third-order valence-corrected chi connectivity index (χ3v) is 2.31. The summed E-state index contributed by atoms with van der Waals surface area (Å²) in [5, 5.41) is 8.68. The number of likely N-dealkylation sites (N-methyl/N-ethyl adjacent to an activating group) is 2. The molecule has 0 aliphatic carbocycles. The number of hydrogen-bond donors (Lipinski definition) is 1. The van der Waals surface area contributed by atoms with E-state index in [1.54, 1.807) is 0 Å². The quantitative estimate of drug-likeness (QED) is 0.700. The van der Waals surface area contributed by atoms with Crippen molar-refractivity contribution < 1.29 is 19.5 Å². The van der Waals surface area contributed by atoms with E-state index in [1.807, 2.05) is 0 Å². The van der Waals surface area contributed by atoms with Crippen molar-refractivity contribution in [1.29, 1.82) is 0 Å². The Labute approximate surface area is 94.8 Å². The second kappa shape index (κ2) is 6.09. The van der Waals surface area contributed by atoms with Crippen LogP contribution in [0.25, 0.3) is 0 Å². The number of carboxylic acid groups (broad SMARTS) is 1. The fraction of sp³-hybridized carbons (Fsp3) is 0.700. The van der Waals surface area contributed by atoms with Crippen molar-refractivity contribution in [3.8, 4) is 0 Å². The average molecular weight is 230 g/mol. The fourth-order valence-electron chi connectivity index (χ4n) is 1.03. The number of carbonyl (C=O) groups is 3. The van der Waals surface area contributed by atoms with Crippen molar-refractivity contribution in [2.45, 2.75) is 13.8 Å². The van der Waals surface area contributed by atoms with Crippen LogP contribution < -0.4 is 0 Å². The van der Waals surface area contributed by atoms with Crippen LogP contribution in [0.1, 0.15) is 13.8 Å². The highest BCUT2D eigenvalue weighted by Crippen LogP contribution is 1.99. The van der Waals surface area contributed by atoms with Gasteiger partial charge in [-0.15, -0.1) is 0 Å². The van der Waals surface area contributed by atoms with Gasteiger partial charge in [0.25, 0.3) is 0 Å². The molecule has 0 saturated carbocycles. The monoisotopic (exact) mass is 230 g/mol. The van der Waals surface area contributed by atoms with Gasteiger partial charge in [-0.3, -0.25) is 14.4 Å². The summed E-state index contributed by atoms with van der Waals surface area (Å²) < 4.78 is 0. The molecule has 92 valence electrons. The lowest BCUT2D eigenvalue weighted by molar-refractivity contribution is -0.143. The van der Waals surface area contributed by atoms with Gasteiger partial charge in [-0.25, -0.2) is 0 Å². The number of hydrogen-bond acceptors (Lipinski definition) is 3. The van der Waals surface area contributed by atoms with E-state index in [4.69, 9.17) is 5.11 Å². The zero-order valence-corrected chi connectivity index (χ0v) is 10.1. The van der Waals surface area contributed by atoms with Crippen molar-refractivity contribution >= 4 is 17.8 Å². The van der Waals surface area contributed by atoms with Crippen LogP contribution in [0.15, 0.2) is 0 Å². The zero-order chi connectivity index (χ0) is 12.9. The SMILES string of the molecule is CC(=O)N(C)CC(=O)N(C)CC(C)C(=O)O. The van der Waals surface area contributed by atoms with E-state index in [0.717, 1.165) is 0 Å². The number of aliphatic carboxylic acids is 1. The minimum Gasteiger partial charge on any atom is -0.481 e. The summed E-state index contributed by atoms with van der Waals surface area (Å²) in [4.78, 5) is 35.6. The molecule has 0 heterocycles. The maximum Gasteiger partial charge on any atom is 0.308 e. The molecule has 1 N–H and O–H groups in total. The van der Waals surface area contributed by atoms with Crippen molar-refractivity contribution in [2.75, 3.05) is 27.2 Å². The summed E-state index contributed by atoms with van der Waals surface area (Å²) >= 11 is 0. The Balaban J connectivity index is 4.19. The van der Waals surface area contributed by atoms with Crippen LogP contribution in [0, 0.1) is 5.92 Å². The van der Waals surface area contributed by atoms with E-state index in [0.29, 0.717) is 0 Å². The summed E-state index contributed by atoms with van der Waals surface area (Å²) in [6.45, 7) is 3.01. The highest BCUT2D eigenvalue weighted by molar-refractivity contribution is 5.83. The molecule has 0 rings (SSSR count). The first kappa shape index (κ1) is 14.4. The van der Waals surface area contributed by atoms with Gasteiger partial charge in [-0.05, 0) is 0 Å². The molecule has 16 heavy (non-hydrogen) atoms. The molecule has 6 heteroatoms. The van der Waals surface area contributed by atoms with Gasteiger partial charge >= 0.3 is 5.97 Å². The minimum atomic E-state index is -0.945. The van der Waals surface area contributed by atoms with Gasteiger partial charge in [0.1, 0.15) is 0 Å². The zero-order valence-electron chi connectivity index (χ0n) is 10.1. The highest BCUT2D eigenvalue weighted by atomic mass is 16.4. The van der Waals surface area contributed by atoms with E-state index in [-0.39, 0.29) is 24.9 Å². The molecule has 0 spiro atoms. The maximum atomic E-state index is 11.6. The van der Waals surface area contributed by atoms with Crippen LogP contribution in [0.4, 0.5) is 0 Å². The molecule has 1 atom stereocenters. The lowest BCUT2D eigenvalue weighted by Crippen LogP contribution is -2.41. The molecule has 6 nitrogen and oxygen atoms in total. The van der Waals surface area contributed by atoms with Gasteiger partial charge in [-0.2, -0.15) is 0 Å². The first-order valence-corrected chi connectivity index (χ1v) is 4.94. The molecule has 0 fully saturated rings. The second-order valence-corrected chi connectivity index (χ2v) is 3.89. The smallest absolute Gasteiger partial charge is 0.308 e. The first-order valence-electron chi connectivity index (χ1n) is 4.94. The van der Waals surface area contributed by atoms with Crippen LogP contribution in [-0.2, 0) is 14.4 Å². The molecule has 0 saturated heterocycles.